The summed E-state index contributed by atoms with van der Waals surface area (Å²) in [5, 5.41) is 0. The molecule has 0 unspecified atom stereocenters. The number of pyridine rings is 1. The molecular formula is C24H29N7O. The molecule has 0 saturated carbocycles. The van der Waals surface area contributed by atoms with E-state index in [0.717, 1.165) is 68.6 Å². The molecule has 2 fully saturated rings. The van der Waals surface area contributed by atoms with Crippen molar-refractivity contribution < 1.29 is 4.79 Å². The first-order valence-electron chi connectivity index (χ1n) is 11.5. The Kier molecular flexibility index (Phi) is 5.83. The van der Waals surface area contributed by atoms with Gasteiger partial charge >= 0.3 is 0 Å². The van der Waals surface area contributed by atoms with Crippen LogP contribution in [0, 0.1) is 12.8 Å². The Morgan fingerprint density at radius 1 is 1.00 bits per heavy atom. The lowest BCUT2D eigenvalue weighted by atomic mass is 9.93. The van der Waals surface area contributed by atoms with Gasteiger partial charge in [-0.05, 0) is 56.7 Å². The Bertz CT molecular complexity index is 1060. The molecule has 5 heterocycles. The molecule has 1 atom stereocenters. The Hall–Kier alpha value is -3.29. The first kappa shape index (κ1) is 20.6. The van der Waals surface area contributed by atoms with E-state index in [1.807, 2.05) is 42.0 Å². The molecule has 0 spiro atoms. The Morgan fingerprint density at radius 2 is 1.81 bits per heavy atom. The van der Waals surface area contributed by atoms with Crippen LogP contribution in [0.2, 0.25) is 0 Å². The van der Waals surface area contributed by atoms with Gasteiger partial charge in [-0.1, -0.05) is 6.07 Å². The maximum absolute atomic E-state index is 13.3. The molecule has 3 aromatic rings. The summed E-state index contributed by atoms with van der Waals surface area (Å²) in [4.78, 5) is 35.4. The van der Waals surface area contributed by atoms with E-state index in [9.17, 15) is 4.79 Å². The lowest BCUT2D eigenvalue weighted by Gasteiger charge is -2.33. The largest absolute Gasteiger partial charge is 0.341 e. The number of piperidine rings is 1. The van der Waals surface area contributed by atoms with Crippen molar-refractivity contribution in [2.75, 3.05) is 24.5 Å². The zero-order valence-corrected chi connectivity index (χ0v) is 18.5. The van der Waals surface area contributed by atoms with Crippen LogP contribution in [0.3, 0.4) is 0 Å². The minimum Gasteiger partial charge on any atom is -0.341 e. The van der Waals surface area contributed by atoms with Crippen LogP contribution < -0.4 is 4.90 Å². The second-order valence-corrected chi connectivity index (χ2v) is 8.69. The minimum atomic E-state index is 0.0593. The summed E-state index contributed by atoms with van der Waals surface area (Å²) in [6, 6.07) is 7.96. The highest BCUT2D eigenvalue weighted by molar-refractivity contribution is 5.77. The molecule has 8 heteroatoms. The van der Waals surface area contributed by atoms with Gasteiger partial charge in [0.05, 0.1) is 11.7 Å². The number of aryl methyl sites for hydroxylation is 1. The molecule has 0 radical (unpaired) electrons. The highest BCUT2D eigenvalue weighted by Crippen LogP contribution is 2.33. The maximum Gasteiger partial charge on any atom is 0.225 e. The van der Waals surface area contributed by atoms with E-state index in [1.165, 1.54) is 0 Å². The molecule has 166 valence electrons. The van der Waals surface area contributed by atoms with Gasteiger partial charge in [-0.25, -0.2) is 19.9 Å². The standard InChI is InChI=1S/C24H29N7O/c1-18-25-12-16-30(18)22-7-2-5-20(28-22)21-6-3-13-31(21)23(32)17-19-8-14-29(15-9-19)24-26-10-4-11-27-24/h2,4-5,7,10-12,16,19,21H,3,6,8-9,13-15,17H2,1H3/t21-/m1/s1. The van der Waals surface area contributed by atoms with E-state index in [-0.39, 0.29) is 11.9 Å². The molecule has 1 amide bonds. The number of aromatic nitrogens is 5. The van der Waals surface area contributed by atoms with Crippen LogP contribution >= 0.6 is 0 Å². The number of imidazole rings is 1. The van der Waals surface area contributed by atoms with Crippen molar-refractivity contribution >= 4 is 11.9 Å². The summed E-state index contributed by atoms with van der Waals surface area (Å²) >= 11 is 0. The molecule has 3 aromatic heterocycles. The minimum absolute atomic E-state index is 0.0593. The third kappa shape index (κ3) is 4.22. The molecule has 0 bridgehead atoms. The van der Waals surface area contributed by atoms with E-state index in [2.05, 4.69) is 24.8 Å². The van der Waals surface area contributed by atoms with Crippen LogP contribution in [0.5, 0.6) is 0 Å². The van der Waals surface area contributed by atoms with Gasteiger partial charge in [0, 0.05) is 50.8 Å². The molecule has 0 aliphatic carbocycles. The average molecular weight is 432 g/mol. The number of carbonyl (C=O) groups excluding carboxylic acids is 1. The summed E-state index contributed by atoms with van der Waals surface area (Å²) in [6.07, 6.45) is 11.9. The van der Waals surface area contributed by atoms with Gasteiger partial charge in [0.25, 0.3) is 0 Å². The number of amides is 1. The second kappa shape index (κ2) is 9.06. The second-order valence-electron chi connectivity index (χ2n) is 8.69. The smallest absolute Gasteiger partial charge is 0.225 e. The molecule has 8 nitrogen and oxygen atoms in total. The quantitative estimate of drug-likeness (QED) is 0.616. The summed E-state index contributed by atoms with van der Waals surface area (Å²) in [7, 11) is 0. The normalized spacial score (nSPS) is 19.5. The van der Waals surface area contributed by atoms with Crippen LogP contribution in [-0.2, 0) is 4.79 Å². The molecule has 2 saturated heterocycles. The van der Waals surface area contributed by atoms with E-state index >= 15 is 0 Å². The predicted molar refractivity (Wildman–Crippen MR) is 121 cm³/mol. The van der Waals surface area contributed by atoms with Crippen LogP contribution in [0.1, 0.15) is 49.7 Å². The van der Waals surface area contributed by atoms with Gasteiger partial charge in [0.15, 0.2) is 0 Å². The number of likely N-dealkylation sites (tertiary alicyclic amines) is 1. The number of anilines is 1. The number of rotatable bonds is 5. The van der Waals surface area contributed by atoms with E-state index < -0.39 is 0 Å². The van der Waals surface area contributed by atoms with Crippen molar-refractivity contribution in [3.63, 3.8) is 0 Å². The summed E-state index contributed by atoms with van der Waals surface area (Å²) in [5.41, 5.74) is 0.970. The van der Waals surface area contributed by atoms with Crippen LogP contribution in [0.4, 0.5) is 5.95 Å². The highest BCUT2D eigenvalue weighted by atomic mass is 16.2. The van der Waals surface area contributed by atoms with Crippen molar-refractivity contribution in [3.8, 4) is 5.82 Å². The first-order chi connectivity index (χ1) is 15.7. The van der Waals surface area contributed by atoms with Crippen molar-refractivity contribution in [1.29, 1.82) is 0 Å². The molecule has 0 N–H and O–H groups in total. The van der Waals surface area contributed by atoms with Crippen molar-refractivity contribution in [1.82, 2.24) is 29.4 Å². The zero-order valence-electron chi connectivity index (χ0n) is 18.5. The van der Waals surface area contributed by atoms with Crippen molar-refractivity contribution in [2.45, 2.75) is 45.1 Å². The molecule has 2 aliphatic heterocycles. The van der Waals surface area contributed by atoms with Crippen molar-refractivity contribution in [3.05, 3.63) is 60.6 Å². The van der Waals surface area contributed by atoms with E-state index in [0.29, 0.717) is 12.3 Å². The Balaban J connectivity index is 1.23. The van der Waals surface area contributed by atoms with Crippen LogP contribution in [0.25, 0.3) is 5.82 Å². The fraction of sp³-hybridized carbons (Fsp3) is 0.458. The van der Waals surface area contributed by atoms with Crippen LogP contribution in [0.15, 0.2) is 49.1 Å². The number of carbonyl (C=O) groups is 1. The Labute approximate surface area is 188 Å². The summed E-state index contributed by atoms with van der Waals surface area (Å²) in [6.45, 7) is 4.59. The average Bonchev–Trinajstić information content (AvgIpc) is 3.50. The van der Waals surface area contributed by atoms with Crippen LogP contribution in [-0.4, -0.2) is 54.9 Å². The van der Waals surface area contributed by atoms with E-state index in [4.69, 9.17) is 4.98 Å². The fourth-order valence-corrected chi connectivity index (χ4v) is 4.91. The zero-order chi connectivity index (χ0) is 21.9. The predicted octanol–water partition coefficient (Wildman–Crippen LogP) is 3.34. The van der Waals surface area contributed by atoms with Crippen molar-refractivity contribution in [2.24, 2.45) is 5.92 Å². The molecule has 0 aromatic carbocycles. The number of nitrogens with zero attached hydrogens (tertiary/aromatic N) is 7. The maximum atomic E-state index is 13.3. The van der Waals surface area contributed by atoms with Gasteiger partial charge in [0.2, 0.25) is 11.9 Å². The SMILES string of the molecule is Cc1nccn1-c1cccc([C@H]2CCCN2C(=O)CC2CCN(c3ncccn3)CC2)n1. The van der Waals surface area contributed by atoms with Gasteiger partial charge in [0.1, 0.15) is 11.6 Å². The number of hydrogen-bond acceptors (Lipinski definition) is 6. The van der Waals surface area contributed by atoms with Gasteiger partial charge in [-0.3, -0.25) is 9.36 Å². The van der Waals surface area contributed by atoms with E-state index in [1.54, 1.807) is 18.6 Å². The Morgan fingerprint density at radius 3 is 2.56 bits per heavy atom. The van der Waals surface area contributed by atoms with Gasteiger partial charge in [-0.15, -0.1) is 0 Å². The first-order valence-corrected chi connectivity index (χ1v) is 11.5. The molecule has 32 heavy (non-hydrogen) atoms. The molecule has 2 aliphatic rings. The third-order valence-electron chi connectivity index (χ3n) is 6.66. The molecule has 5 rings (SSSR count). The third-order valence-corrected chi connectivity index (χ3v) is 6.66. The highest BCUT2D eigenvalue weighted by Gasteiger charge is 2.33. The fourth-order valence-electron chi connectivity index (χ4n) is 4.91. The topological polar surface area (TPSA) is 80.0 Å². The van der Waals surface area contributed by atoms with Gasteiger partial charge < -0.3 is 9.80 Å². The lowest BCUT2D eigenvalue weighted by Crippen LogP contribution is -2.38. The summed E-state index contributed by atoms with van der Waals surface area (Å²) in [5.74, 6) is 3.22. The lowest BCUT2D eigenvalue weighted by molar-refractivity contribution is -0.133. The summed E-state index contributed by atoms with van der Waals surface area (Å²) < 4.78 is 1.98. The van der Waals surface area contributed by atoms with Gasteiger partial charge in [-0.2, -0.15) is 0 Å². The number of hydrogen-bond donors (Lipinski definition) is 0. The molecular weight excluding hydrogens is 402 g/mol. The monoisotopic (exact) mass is 431 g/mol.